The minimum absolute atomic E-state index is 0.146. The molecule has 0 saturated carbocycles. The van der Waals surface area contributed by atoms with Gasteiger partial charge in [-0.2, -0.15) is 0 Å². The highest BCUT2D eigenvalue weighted by atomic mass is 19.1. The third-order valence-corrected chi connectivity index (χ3v) is 3.15. The lowest BCUT2D eigenvalue weighted by Gasteiger charge is -2.21. The van der Waals surface area contributed by atoms with Crippen LogP contribution in [-0.4, -0.2) is 24.5 Å². The fraction of sp³-hybridized carbons (Fsp3) is 0.375. The summed E-state index contributed by atoms with van der Waals surface area (Å²) in [6.45, 7) is 11.7. The van der Waals surface area contributed by atoms with Crippen LogP contribution in [0.15, 0.2) is 43.5 Å². The number of nitrogens with zero attached hydrogens (tertiary/aromatic N) is 1. The number of benzene rings is 1. The zero-order valence-corrected chi connectivity index (χ0v) is 11.6. The summed E-state index contributed by atoms with van der Waals surface area (Å²) < 4.78 is 13.5. The van der Waals surface area contributed by atoms with Crippen LogP contribution in [0.4, 0.5) is 4.39 Å². The third-order valence-electron chi connectivity index (χ3n) is 3.15. The zero-order chi connectivity index (χ0) is 14.3. The van der Waals surface area contributed by atoms with Gasteiger partial charge in [-0.3, -0.25) is 4.90 Å². The van der Waals surface area contributed by atoms with Crippen molar-refractivity contribution in [1.82, 2.24) is 4.90 Å². The summed E-state index contributed by atoms with van der Waals surface area (Å²) >= 11 is 0. The highest BCUT2D eigenvalue weighted by Gasteiger charge is 2.10. The highest BCUT2D eigenvalue weighted by Crippen LogP contribution is 2.17. The fourth-order valence-corrected chi connectivity index (χ4v) is 1.95. The van der Waals surface area contributed by atoms with Gasteiger partial charge in [-0.25, -0.2) is 4.39 Å². The summed E-state index contributed by atoms with van der Waals surface area (Å²) in [4.78, 5) is 2.20. The second-order valence-corrected chi connectivity index (χ2v) is 4.74. The minimum atomic E-state index is -0.193. The highest BCUT2D eigenvalue weighted by molar-refractivity contribution is 5.25. The summed E-state index contributed by atoms with van der Waals surface area (Å²) in [6.07, 6.45) is 4.51. The maximum atomic E-state index is 13.5. The minimum Gasteiger partial charge on any atom is -0.324 e. The SMILES string of the molecule is C=CCN(CC=C)CCC(N)c1ccc(C)c(F)c1. The van der Waals surface area contributed by atoms with Gasteiger partial charge >= 0.3 is 0 Å². The first-order valence-electron chi connectivity index (χ1n) is 6.54. The molecule has 0 aliphatic rings. The summed E-state index contributed by atoms with van der Waals surface area (Å²) in [5.74, 6) is -0.193. The first-order chi connectivity index (χ1) is 9.08. The molecule has 0 fully saturated rings. The van der Waals surface area contributed by atoms with E-state index in [9.17, 15) is 4.39 Å². The first-order valence-corrected chi connectivity index (χ1v) is 6.54. The Kier molecular flexibility index (Phi) is 6.46. The number of nitrogens with two attached hydrogens (primary N) is 1. The largest absolute Gasteiger partial charge is 0.324 e. The number of aryl methyl sites for hydroxylation is 1. The van der Waals surface area contributed by atoms with E-state index in [1.54, 1.807) is 13.0 Å². The van der Waals surface area contributed by atoms with Crippen LogP contribution in [0.25, 0.3) is 0 Å². The van der Waals surface area contributed by atoms with E-state index >= 15 is 0 Å². The van der Waals surface area contributed by atoms with Gasteiger partial charge in [0.15, 0.2) is 0 Å². The van der Waals surface area contributed by atoms with E-state index in [1.165, 1.54) is 6.07 Å². The van der Waals surface area contributed by atoms with E-state index in [0.717, 1.165) is 31.6 Å². The lowest BCUT2D eigenvalue weighted by atomic mass is 10.0. The van der Waals surface area contributed by atoms with Crippen LogP contribution < -0.4 is 5.73 Å². The quantitative estimate of drug-likeness (QED) is 0.729. The van der Waals surface area contributed by atoms with Crippen molar-refractivity contribution >= 4 is 0 Å². The van der Waals surface area contributed by atoms with Gasteiger partial charge in [0.05, 0.1) is 0 Å². The molecule has 1 aromatic carbocycles. The van der Waals surface area contributed by atoms with Crippen molar-refractivity contribution in [3.8, 4) is 0 Å². The average Bonchev–Trinajstić information content (AvgIpc) is 2.39. The predicted octanol–water partition coefficient (Wildman–Crippen LogP) is 3.20. The molecular weight excluding hydrogens is 239 g/mol. The van der Waals surface area contributed by atoms with Crippen molar-refractivity contribution in [1.29, 1.82) is 0 Å². The average molecular weight is 262 g/mol. The van der Waals surface area contributed by atoms with Crippen molar-refractivity contribution in [3.63, 3.8) is 0 Å². The summed E-state index contributed by atoms with van der Waals surface area (Å²) in [6, 6.07) is 5.06. The van der Waals surface area contributed by atoms with Crippen molar-refractivity contribution in [2.45, 2.75) is 19.4 Å². The molecule has 0 bridgehead atoms. The standard InChI is InChI=1S/C16H23FN2/c1-4-9-19(10-5-2)11-8-16(18)14-7-6-13(3)15(17)12-14/h4-7,12,16H,1-2,8-11,18H2,3H3. The van der Waals surface area contributed by atoms with E-state index in [4.69, 9.17) is 5.73 Å². The molecule has 0 amide bonds. The molecule has 0 aliphatic carbocycles. The molecule has 104 valence electrons. The normalized spacial score (nSPS) is 12.4. The van der Waals surface area contributed by atoms with Crippen LogP contribution in [0, 0.1) is 12.7 Å². The van der Waals surface area contributed by atoms with E-state index in [-0.39, 0.29) is 11.9 Å². The Morgan fingerprint density at radius 2 is 1.95 bits per heavy atom. The van der Waals surface area contributed by atoms with Crippen molar-refractivity contribution in [3.05, 3.63) is 60.5 Å². The van der Waals surface area contributed by atoms with Gasteiger partial charge in [-0.15, -0.1) is 13.2 Å². The van der Waals surface area contributed by atoms with Crippen molar-refractivity contribution in [2.75, 3.05) is 19.6 Å². The molecule has 0 radical (unpaired) electrons. The lowest BCUT2D eigenvalue weighted by Crippen LogP contribution is -2.27. The summed E-state index contributed by atoms with van der Waals surface area (Å²) in [5.41, 5.74) is 7.61. The van der Waals surface area contributed by atoms with E-state index in [1.807, 2.05) is 18.2 Å². The van der Waals surface area contributed by atoms with Crippen LogP contribution in [0.1, 0.15) is 23.6 Å². The summed E-state index contributed by atoms with van der Waals surface area (Å²) in [5, 5.41) is 0. The Morgan fingerprint density at radius 3 is 2.47 bits per heavy atom. The number of hydrogen-bond acceptors (Lipinski definition) is 2. The van der Waals surface area contributed by atoms with E-state index in [0.29, 0.717) is 5.56 Å². The second-order valence-electron chi connectivity index (χ2n) is 4.74. The van der Waals surface area contributed by atoms with Crippen LogP contribution in [-0.2, 0) is 0 Å². The number of hydrogen-bond donors (Lipinski definition) is 1. The van der Waals surface area contributed by atoms with Gasteiger partial charge in [-0.1, -0.05) is 24.3 Å². The number of rotatable bonds is 8. The van der Waals surface area contributed by atoms with Gasteiger partial charge in [0, 0.05) is 25.7 Å². The Bertz CT molecular complexity index is 419. The first kappa shape index (κ1) is 15.6. The Morgan fingerprint density at radius 1 is 1.32 bits per heavy atom. The molecule has 1 unspecified atom stereocenters. The van der Waals surface area contributed by atoms with Crippen molar-refractivity contribution in [2.24, 2.45) is 5.73 Å². The van der Waals surface area contributed by atoms with Crippen LogP contribution in [0.5, 0.6) is 0 Å². The van der Waals surface area contributed by atoms with Crippen molar-refractivity contribution < 1.29 is 4.39 Å². The van der Waals surface area contributed by atoms with Gasteiger partial charge < -0.3 is 5.73 Å². The smallest absolute Gasteiger partial charge is 0.126 e. The van der Waals surface area contributed by atoms with E-state index in [2.05, 4.69) is 18.1 Å². The molecule has 1 atom stereocenters. The van der Waals surface area contributed by atoms with Gasteiger partial charge in [0.25, 0.3) is 0 Å². The molecule has 2 N–H and O–H groups in total. The predicted molar refractivity (Wildman–Crippen MR) is 79.5 cm³/mol. The monoisotopic (exact) mass is 262 g/mol. The molecule has 3 heteroatoms. The maximum absolute atomic E-state index is 13.5. The van der Waals surface area contributed by atoms with Crippen LogP contribution in [0.3, 0.4) is 0 Å². The molecule has 1 rings (SSSR count). The molecule has 0 saturated heterocycles. The van der Waals surface area contributed by atoms with E-state index < -0.39 is 0 Å². The summed E-state index contributed by atoms with van der Waals surface area (Å²) in [7, 11) is 0. The molecule has 0 aromatic heterocycles. The van der Waals surface area contributed by atoms with Crippen LogP contribution in [0.2, 0.25) is 0 Å². The van der Waals surface area contributed by atoms with Gasteiger partial charge in [-0.05, 0) is 30.5 Å². The van der Waals surface area contributed by atoms with Gasteiger partial charge in [0.2, 0.25) is 0 Å². The Hall–Kier alpha value is -1.45. The van der Waals surface area contributed by atoms with Gasteiger partial charge in [0.1, 0.15) is 5.82 Å². The second kappa shape index (κ2) is 7.87. The Labute approximate surface area is 115 Å². The molecule has 0 aliphatic heterocycles. The van der Waals surface area contributed by atoms with Crippen LogP contribution >= 0.6 is 0 Å². The fourth-order valence-electron chi connectivity index (χ4n) is 1.95. The topological polar surface area (TPSA) is 29.3 Å². The molecule has 0 spiro atoms. The molecule has 1 aromatic rings. The molecule has 0 heterocycles. The molecule has 19 heavy (non-hydrogen) atoms. The Balaban J connectivity index is 2.57. The molecule has 2 nitrogen and oxygen atoms in total. The number of halogens is 1. The zero-order valence-electron chi connectivity index (χ0n) is 11.6. The molecular formula is C16H23FN2. The lowest BCUT2D eigenvalue weighted by molar-refractivity contribution is 0.319. The third kappa shape index (κ3) is 4.97. The maximum Gasteiger partial charge on any atom is 0.126 e.